The number of carbonyl (C=O) groups excluding carboxylic acids is 4. The molecule has 0 aromatic carbocycles. The maximum absolute atomic E-state index is 13.0. The summed E-state index contributed by atoms with van der Waals surface area (Å²) in [4.78, 5) is 72.6. The molecule has 0 rings (SSSR count). The number of phosphoric acid groups is 2. The molecular weight excluding hydrogens is 1200 g/mol. The van der Waals surface area contributed by atoms with E-state index in [9.17, 15) is 43.2 Å². The topological polar surface area (TPSA) is 237 Å². The number of phosphoric ester groups is 2. The van der Waals surface area contributed by atoms with Crippen molar-refractivity contribution in [2.75, 3.05) is 39.6 Å². The third kappa shape index (κ3) is 63.9. The first-order valence-corrected chi connectivity index (χ1v) is 40.3. The number of hydrogen-bond acceptors (Lipinski definition) is 15. The fourth-order valence-corrected chi connectivity index (χ4v) is 12.4. The first-order valence-electron chi connectivity index (χ1n) is 37.3. The summed E-state index contributed by atoms with van der Waals surface area (Å²) >= 11 is 0. The molecule has 0 aliphatic carbocycles. The van der Waals surface area contributed by atoms with Gasteiger partial charge in [-0.25, -0.2) is 9.13 Å². The van der Waals surface area contributed by atoms with Crippen LogP contribution in [0.25, 0.3) is 0 Å². The van der Waals surface area contributed by atoms with Gasteiger partial charge in [-0.15, -0.1) is 0 Å². The number of rotatable bonds is 69. The molecule has 17 nitrogen and oxygen atoms in total. The molecule has 0 heterocycles. The number of aliphatic hydroxyl groups excluding tert-OH is 1. The van der Waals surface area contributed by atoms with Crippen molar-refractivity contribution in [1.29, 1.82) is 0 Å². The maximum atomic E-state index is 13.0. The van der Waals surface area contributed by atoms with Crippen LogP contribution in [-0.2, 0) is 65.4 Å². The summed E-state index contributed by atoms with van der Waals surface area (Å²) in [6.07, 6.45) is 44.5. The highest BCUT2D eigenvalue weighted by Crippen LogP contribution is 2.45. The van der Waals surface area contributed by atoms with Gasteiger partial charge in [-0.05, 0) is 49.4 Å². The molecule has 4 unspecified atom stereocenters. The van der Waals surface area contributed by atoms with Crippen LogP contribution in [0, 0.1) is 23.7 Å². The van der Waals surface area contributed by atoms with Gasteiger partial charge in [0, 0.05) is 25.7 Å². The van der Waals surface area contributed by atoms with Gasteiger partial charge in [-0.2, -0.15) is 0 Å². The molecule has 540 valence electrons. The number of carbonyl (C=O) groups is 4. The van der Waals surface area contributed by atoms with E-state index in [-0.39, 0.29) is 25.7 Å². The SMILES string of the molecule is CCC(C)CCCCCCCCC(=O)OC[C@H](COP(=O)(O)OC[C@H](O)COP(=O)(O)OC[C@@H](COC(=O)CCCCCCCCCCCCCCCCC(C)C)OC(=O)CCCCCCCCC(C)CC)OC(=O)CCCCCCCCCCCCCC(C)C. The third-order valence-electron chi connectivity index (χ3n) is 17.3. The summed E-state index contributed by atoms with van der Waals surface area (Å²) in [5, 5.41) is 10.6. The van der Waals surface area contributed by atoms with E-state index < -0.39 is 97.5 Å². The third-order valence-corrected chi connectivity index (χ3v) is 19.2. The summed E-state index contributed by atoms with van der Waals surface area (Å²) in [5.41, 5.74) is 0. The lowest BCUT2D eigenvalue weighted by Gasteiger charge is -2.21. The van der Waals surface area contributed by atoms with E-state index in [0.29, 0.717) is 25.7 Å². The van der Waals surface area contributed by atoms with Gasteiger partial charge in [0.25, 0.3) is 0 Å². The van der Waals surface area contributed by atoms with E-state index in [2.05, 4.69) is 55.4 Å². The normalized spacial score (nSPS) is 14.8. The maximum Gasteiger partial charge on any atom is 0.472 e. The van der Waals surface area contributed by atoms with Gasteiger partial charge in [0.1, 0.15) is 19.3 Å². The number of hydrogen-bond donors (Lipinski definition) is 3. The minimum Gasteiger partial charge on any atom is -0.462 e. The number of unbranched alkanes of at least 4 members (excludes halogenated alkanes) is 33. The second-order valence-corrected chi connectivity index (χ2v) is 30.3. The van der Waals surface area contributed by atoms with Crippen molar-refractivity contribution in [2.24, 2.45) is 23.7 Å². The summed E-state index contributed by atoms with van der Waals surface area (Å²) in [7, 11) is -9.91. The van der Waals surface area contributed by atoms with Crippen LogP contribution in [0.5, 0.6) is 0 Å². The number of ether oxygens (including phenoxy) is 4. The van der Waals surface area contributed by atoms with Crippen molar-refractivity contribution >= 4 is 39.5 Å². The van der Waals surface area contributed by atoms with Crippen LogP contribution in [0.15, 0.2) is 0 Å². The van der Waals surface area contributed by atoms with Crippen LogP contribution in [-0.4, -0.2) is 96.7 Å². The molecule has 0 saturated carbocycles. The highest BCUT2D eigenvalue weighted by Gasteiger charge is 2.30. The molecule has 91 heavy (non-hydrogen) atoms. The van der Waals surface area contributed by atoms with Crippen molar-refractivity contribution in [3.8, 4) is 0 Å². The molecule has 0 radical (unpaired) electrons. The molecule has 0 aliphatic rings. The lowest BCUT2D eigenvalue weighted by atomic mass is 10.00. The van der Waals surface area contributed by atoms with E-state index >= 15 is 0 Å². The molecule has 0 saturated heterocycles. The summed E-state index contributed by atoms with van der Waals surface area (Å²) in [6, 6.07) is 0. The molecule has 0 fully saturated rings. The Hall–Kier alpha value is -1.94. The quantitative estimate of drug-likeness (QED) is 0.0222. The Bertz CT molecular complexity index is 1800. The lowest BCUT2D eigenvalue weighted by molar-refractivity contribution is -0.161. The average Bonchev–Trinajstić information content (AvgIpc) is 2.15. The fourth-order valence-electron chi connectivity index (χ4n) is 10.8. The average molecular weight is 1340 g/mol. The Morgan fingerprint density at radius 2 is 0.527 bits per heavy atom. The van der Waals surface area contributed by atoms with Crippen molar-refractivity contribution < 1.29 is 80.2 Å². The predicted octanol–water partition coefficient (Wildman–Crippen LogP) is 20.5. The lowest BCUT2D eigenvalue weighted by Crippen LogP contribution is -2.30. The molecule has 0 aromatic heterocycles. The molecule has 19 heteroatoms. The van der Waals surface area contributed by atoms with Crippen LogP contribution in [0.4, 0.5) is 0 Å². The van der Waals surface area contributed by atoms with E-state index in [1.54, 1.807) is 0 Å². The number of esters is 4. The van der Waals surface area contributed by atoms with E-state index in [4.69, 9.17) is 37.0 Å². The van der Waals surface area contributed by atoms with Gasteiger partial charge in [-0.1, -0.05) is 306 Å². The van der Waals surface area contributed by atoms with Crippen LogP contribution >= 0.6 is 15.6 Å². The van der Waals surface area contributed by atoms with Crippen molar-refractivity contribution in [1.82, 2.24) is 0 Å². The first kappa shape index (κ1) is 89.1. The predicted molar refractivity (Wildman–Crippen MR) is 367 cm³/mol. The fraction of sp³-hybridized carbons (Fsp3) is 0.944. The Labute approximate surface area is 556 Å². The molecule has 0 bridgehead atoms. The van der Waals surface area contributed by atoms with E-state index in [1.165, 1.54) is 154 Å². The molecule has 0 aliphatic heterocycles. The van der Waals surface area contributed by atoms with Gasteiger partial charge >= 0.3 is 39.5 Å². The van der Waals surface area contributed by atoms with E-state index in [1.807, 2.05) is 0 Å². The van der Waals surface area contributed by atoms with E-state index in [0.717, 1.165) is 120 Å². The minimum absolute atomic E-state index is 0.103. The monoisotopic (exact) mass is 1340 g/mol. The minimum atomic E-state index is -4.95. The molecule has 7 atom stereocenters. The second kappa shape index (κ2) is 61.6. The van der Waals surface area contributed by atoms with Crippen molar-refractivity contribution in [3.05, 3.63) is 0 Å². The van der Waals surface area contributed by atoms with Crippen LogP contribution in [0.3, 0.4) is 0 Å². The first-order chi connectivity index (χ1) is 43.7. The summed E-state index contributed by atoms with van der Waals surface area (Å²) < 4.78 is 68.3. The molecule has 3 N–H and O–H groups in total. The highest BCUT2D eigenvalue weighted by molar-refractivity contribution is 7.47. The molecule has 0 spiro atoms. The van der Waals surface area contributed by atoms with Gasteiger partial charge in [-0.3, -0.25) is 37.3 Å². The van der Waals surface area contributed by atoms with Crippen LogP contribution in [0.1, 0.15) is 357 Å². The summed E-state index contributed by atoms with van der Waals surface area (Å²) in [5.74, 6) is 0.885. The Morgan fingerprint density at radius 1 is 0.308 bits per heavy atom. The Kier molecular flexibility index (Phi) is 60.3. The Morgan fingerprint density at radius 3 is 0.780 bits per heavy atom. The smallest absolute Gasteiger partial charge is 0.462 e. The highest BCUT2D eigenvalue weighted by atomic mass is 31.2. The summed E-state index contributed by atoms with van der Waals surface area (Å²) in [6.45, 7) is 14.1. The van der Waals surface area contributed by atoms with Crippen LogP contribution < -0.4 is 0 Å². The van der Waals surface area contributed by atoms with Gasteiger partial charge < -0.3 is 33.8 Å². The Balaban J connectivity index is 5.22. The van der Waals surface area contributed by atoms with Gasteiger partial charge in [0.05, 0.1) is 26.4 Å². The van der Waals surface area contributed by atoms with Crippen molar-refractivity contribution in [3.63, 3.8) is 0 Å². The standard InChI is InChI=1S/C72H140O17P2/c1-9-64(7)50-42-34-28-30-37-45-53-70(75)83-59-67(88-71(76)54-46-38-27-23-19-15-17-21-25-33-41-49-63(5)6)60-86-90(78,79)84-56-66(73)57-85-91(80,81)87-61-68(89-72(77)55-47-39-31-29-35-43-51-65(8)10-2)58-82-69(74)52-44-36-26-22-18-14-12-11-13-16-20-24-32-40-48-62(3)4/h62-68,73H,9-61H2,1-8H3,(H,78,79)(H,80,81)/t64?,65?,66-,67+,68+/m0/s1. The van der Waals surface area contributed by atoms with Gasteiger partial charge in [0.15, 0.2) is 12.2 Å². The zero-order valence-electron chi connectivity index (χ0n) is 59.5. The zero-order valence-corrected chi connectivity index (χ0v) is 61.3. The van der Waals surface area contributed by atoms with Crippen LogP contribution in [0.2, 0.25) is 0 Å². The van der Waals surface area contributed by atoms with Crippen molar-refractivity contribution in [2.45, 2.75) is 375 Å². The molecule has 0 amide bonds. The zero-order chi connectivity index (χ0) is 67.5. The molecule has 0 aromatic rings. The molecular formula is C72H140O17P2. The largest absolute Gasteiger partial charge is 0.472 e. The van der Waals surface area contributed by atoms with Gasteiger partial charge in [0.2, 0.25) is 0 Å². The second-order valence-electron chi connectivity index (χ2n) is 27.4. The number of aliphatic hydroxyl groups is 1.